The second-order valence-electron chi connectivity index (χ2n) is 15.1. The van der Waals surface area contributed by atoms with E-state index >= 15 is 0 Å². The van der Waals surface area contributed by atoms with Crippen LogP contribution in [0.2, 0.25) is 58.9 Å². The summed E-state index contributed by atoms with van der Waals surface area (Å²) in [5.41, 5.74) is 1.63. The second-order valence-corrected chi connectivity index (χ2v) is 28.5. The quantitative estimate of drug-likeness (QED) is 0.0729. The van der Waals surface area contributed by atoms with Crippen LogP contribution in [0.1, 0.15) is 40.5 Å². The molecule has 0 unspecified atom stereocenters. The van der Waals surface area contributed by atoms with Crippen LogP contribution < -0.4 is 5.32 Å². The van der Waals surface area contributed by atoms with Crippen molar-refractivity contribution in [1.29, 1.82) is 0 Å². The summed E-state index contributed by atoms with van der Waals surface area (Å²) in [7, 11) is -4.01. The zero-order valence-corrected chi connectivity index (χ0v) is 31.8. The van der Waals surface area contributed by atoms with Crippen LogP contribution in [0, 0.1) is 11.8 Å². The summed E-state index contributed by atoms with van der Waals surface area (Å²) in [5.74, 6) is 0.330. The number of hydrogen-bond acceptors (Lipinski definition) is 8. The monoisotopic (exact) mass is 644 g/mol. The molecule has 2 aliphatic rings. The minimum atomic E-state index is -1.96. The zero-order chi connectivity index (χ0) is 32.0. The number of carbonyl (C=O) groups excluding carboxylic acids is 1. The van der Waals surface area contributed by atoms with E-state index in [1.165, 1.54) is 7.11 Å². The lowest BCUT2D eigenvalue weighted by molar-refractivity contribution is -0.152. The molecule has 0 spiro atoms. The highest BCUT2D eigenvalue weighted by atomic mass is 28.4. The molecule has 2 fully saturated rings. The van der Waals surface area contributed by atoms with Gasteiger partial charge < -0.3 is 32.9 Å². The van der Waals surface area contributed by atoms with Gasteiger partial charge in [0, 0.05) is 24.0 Å². The van der Waals surface area contributed by atoms with E-state index in [0.717, 1.165) is 12.0 Å². The van der Waals surface area contributed by atoms with E-state index in [-0.39, 0.29) is 48.4 Å². The Balaban J connectivity index is 2.19. The summed E-state index contributed by atoms with van der Waals surface area (Å²) in [6, 6.07) is 0. The number of carbonyl (C=O) groups is 1. The largest absolute Gasteiger partial charge is 0.415 e. The van der Waals surface area contributed by atoms with E-state index in [1.54, 1.807) is 13.0 Å². The van der Waals surface area contributed by atoms with E-state index in [0.29, 0.717) is 31.2 Å². The van der Waals surface area contributed by atoms with Crippen molar-refractivity contribution in [2.75, 3.05) is 20.3 Å². The van der Waals surface area contributed by atoms with Crippen molar-refractivity contribution in [1.82, 2.24) is 5.32 Å². The molecule has 9 nitrogen and oxygen atoms in total. The molecule has 12 heteroatoms. The van der Waals surface area contributed by atoms with Crippen LogP contribution in [0.25, 0.3) is 0 Å². The van der Waals surface area contributed by atoms with E-state index in [9.17, 15) is 4.79 Å². The molecule has 0 aromatic heterocycles. The maximum Gasteiger partial charge on any atom is 0.244 e. The Bertz CT molecular complexity index is 943. The first-order chi connectivity index (χ1) is 19.2. The van der Waals surface area contributed by atoms with Crippen molar-refractivity contribution >= 4 is 36.6 Å². The SMILES string of the molecule is CO/N=C(\C)CNC(=O)/C=C(\C)C[C@@H]1OC[C@H](C[C@@H]2O[C@H]2[C@@H](C)[C@H](C)O[Si](C)(C)C)[C@@H](O[Si](C)(C)C)[C@H]1O[Si](C)(C)C. The molecule has 0 aromatic rings. The molecule has 0 saturated carbocycles. The summed E-state index contributed by atoms with van der Waals surface area (Å²) in [5, 5.41) is 6.71. The summed E-state index contributed by atoms with van der Waals surface area (Å²) < 4.78 is 33.0. The topological polar surface area (TPSA) is 100 Å². The van der Waals surface area contributed by atoms with Crippen LogP contribution in [-0.2, 0) is 32.4 Å². The first-order valence-corrected chi connectivity index (χ1v) is 25.7. The third-order valence-corrected chi connectivity index (χ3v) is 10.3. The molecule has 0 radical (unpaired) electrons. The molecular weight excluding hydrogens is 585 g/mol. The zero-order valence-electron chi connectivity index (χ0n) is 28.8. The van der Waals surface area contributed by atoms with Gasteiger partial charge in [-0.3, -0.25) is 4.79 Å². The van der Waals surface area contributed by atoms with E-state index in [1.807, 2.05) is 6.92 Å². The Kier molecular flexibility index (Phi) is 13.7. The minimum Gasteiger partial charge on any atom is -0.415 e. The van der Waals surface area contributed by atoms with Gasteiger partial charge in [0.25, 0.3) is 0 Å². The van der Waals surface area contributed by atoms with Crippen molar-refractivity contribution in [3.8, 4) is 0 Å². The molecule has 1 N–H and O–H groups in total. The third kappa shape index (κ3) is 13.4. The van der Waals surface area contributed by atoms with Gasteiger partial charge in [0.05, 0.1) is 49.4 Å². The fourth-order valence-electron chi connectivity index (χ4n) is 5.51. The highest BCUT2D eigenvalue weighted by Gasteiger charge is 2.51. The van der Waals surface area contributed by atoms with Gasteiger partial charge in [0.2, 0.25) is 5.91 Å². The van der Waals surface area contributed by atoms with Crippen LogP contribution in [-0.4, -0.2) is 93.5 Å². The van der Waals surface area contributed by atoms with Gasteiger partial charge >= 0.3 is 0 Å². The predicted octanol–water partition coefficient (Wildman–Crippen LogP) is 5.95. The molecule has 244 valence electrons. The normalized spacial score (nSPS) is 29.2. The smallest absolute Gasteiger partial charge is 0.244 e. The molecule has 2 rings (SSSR count). The van der Waals surface area contributed by atoms with Crippen molar-refractivity contribution in [2.24, 2.45) is 17.0 Å². The Morgan fingerprint density at radius 1 is 0.952 bits per heavy atom. The summed E-state index contributed by atoms with van der Waals surface area (Å²) >= 11 is 0. The molecule has 1 amide bonds. The number of ether oxygens (including phenoxy) is 2. The fourth-order valence-corrected chi connectivity index (χ4v) is 9.09. The number of epoxide rings is 1. The van der Waals surface area contributed by atoms with E-state index in [2.05, 4.69) is 83.2 Å². The van der Waals surface area contributed by atoms with Crippen molar-refractivity contribution in [2.45, 2.75) is 136 Å². The Morgan fingerprint density at radius 3 is 2.10 bits per heavy atom. The molecule has 2 saturated heterocycles. The van der Waals surface area contributed by atoms with Gasteiger partial charge in [-0.05, 0) is 92.5 Å². The lowest BCUT2D eigenvalue weighted by atomic mass is 9.85. The average molecular weight is 645 g/mol. The van der Waals surface area contributed by atoms with Gasteiger partial charge in [0.15, 0.2) is 25.0 Å². The molecular formula is C30H60N2O7Si3. The maximum atomic E-state index is 12.6. The fraction of sp³-hybridized carbons (Fsp3) is 0.867. The molecule has 0 aliphatic carbocycles. The molecule has 0 aromatic carbocycles. The first-order valence-electron chi connectivity index (χ1n) is 15.5. The number of nitrogens with zero attached hydrogens (tertiary/aromatic N) is 1. The van der Waals surface area contributed by atoms with Crippen molar-refractivity contribution in [3.63, 3.8) is 0 Å². The number of rotatable bonds is 16. The molecule has 42 heavy (non-hydrogen) atoms. The van der Waals surface area contributed by atoms with Crippen LogP contribution in [0.3, 0.4) is 0 Å². The molecule has 2 aliphatic heterocycles. The standard InChI is InChI=1S/C30H60N2O7Si3/c1-20(16-27(33)31-18-21(2)32-34-5)15-25-30(39-42(12,13)14)29(38-41(9,10)11)24(19-35-25)17-26-28(36-26)22(3)23(4)37-40(6,7)8/h16,22-26,28-30H,15,17-19H2,1-14H3,(H,31,33)/b20-16+,32-21+/t22-,23-,24-,25-,26-,28-,29+,30-/m0/s1. The number of amides is 1. The second kappa shape index (κ2) is 15.4. The van der Waals surface area contributed by atoms with Crippen molar-refractivity contribution < 1.29 is 32.4 Å². The van der Waals surface area contributed by atoms with Crippen molar-refractivity contribution in [3.05, 3.63) is 11.6 Å². The molecule has 2 heterocycles. The Morgan fingerprint density at radius 2 is 1.55 bits per heavy atom. The van der Waals surface area contributed by atoms with Crippen LogP contribution in [0.5, 0.6) is 0 Å². The highest BCUT2D eigenvalue weighted by molar-refractivity contribution is 6.70. The highest BCUT2D eigenvalue weighted by Crippen LogP contribution is 2.41. The number of nitrogens with one attached hydrogen (secondary N) is 1. The minimum absolute atomic E-state index is 0.0903. The van der Waals surface area contributed by atoms with Gasteiger partial charge in [0.1, 0.15) is 7.11 Å². The summed E-state index contributed by atoms with van der Waals surface area (Å²) in [6.07, 6.45) is 3.14. The van der Waals surface area contributed by atoms with Crippen LogP contribution in [0.4, 0.5) is 0 Å². The summed E-state index contributed by atoms with van der Waals surface area (Å²) in [4.78, 5) is 17.3. The van der Waals surface area contributed by atoms with E-state index in [4.69, 9.17) is 27.6 Å². The van der Waals surface area contributed by atoms with Crippen LogP contribution >= 0.6 is 0 Å². The number of hydrogen-bond donors (Lipinski definition) is 1. The Hall–Kier alpha value is -0.869. The summed E-state index contributed by atoms with van der Waals surface area (Å²) in [6.45, 7) is 29.1. The van der Waals surface area contributed by atoms with Gasteiger partial charge in [-0.2, -0.15) is 0 Å². The molecule has 8 atom stereocenters. The maximum absolute atomic E-state index is 12.6. The average Bonchev–Trinajstić information content (AvgIpc) is 3.57. The predicted molar refractivity (Wildman–Crippen MR) is 178 cm³/mol. The van der Waals surface area contributed by atoms with Gasteiger partial charge in [-0.15, -0.1) is 0 Å². The first kappa shape index (κ1) is 37.3. The Labute approximate surface area is 258 Å². The van der Waals surface area contributed by atoms with Gasteiger partial charge in [-0.1, -0.05) is 17.7 Å². The third-order valence-electron chi connectivity index (χ3n) is 7.28. The van der Waals surface area contributed by atoms with Gasteiger partial charge in [-0.25, -0.2) is 0 Å². The molecule has 0 bridgehead atoms. The number of oxime groups is 1. The lowest BCUT2D eigenvalue weighted by Crippen LogP contribution is -2.58. The van der Waals surface area contributed by atoms with Crippen LogP contribution in [0.15, 0.2) is 16.8 Å². The van der Waals surface area contributed by atoms with E-state index < -0.39 is 25.0 Å². The lowest BCUT2D eigenvalue weighted by Gasteiger charge is -2.47.